The van der Waals surface area contributed by atoms with Crippen LogP contribution >= 0.6 is 0 Å². The van der Waals surface area contributed by atoms with Crippen molar-refractivity contribution in [1.29, 1.82) is 0 Å². The molecular formula is C12H23N3O2. The van der Waals surface area contributed by atoms with Gasteiger partial charge in [0.05, 0.1) is 13.2 Å². The van der Waals surface area contributed by atoms with E-state index in [9.17, 15) is 4.79 Å². The van der Waals surface area contributed by atoms with E-state index in [2.05, 4.69) is 17.3 Å². The van der Waals surface area contributed by atoms with Crippen LogP contribution in [0.3, 0.4) is 0 Å². The second kappa shape index (κ2) is 6.33. The van der Waals surface area contributed by atoms with Crippen LogP contribution in [0.5, 0.6) is 0 Å². The Bertz CT molecular complexity index is 246. The van der Waals surface area contributed by atoms with E-state index in [1.165, 1.54) is 0 Å². The number of carbonyl (C=O) groups is 1. The SMILES string of the molecule is CN1CCN(C(=O)CNCC2CCOC2)CC1. The Morgan fingerprint density at radius 1 is 1.35 bits per heavy atom. The minimum absolute atomic E-state index is 0.233. The third-order valence-electron chi connectivity index (χ3n) is 3.59. The van der Waals surface area contributed by atoms with Gasteiger partial charge in [0.15, 0.2) is 0 Å². The first-order valence-corrected chi connectivity index (χ1v) is 6.50. The molecule has 0 aromatic carbocycles. The summed E-state index contributed by atoms with van der Waals surface area (Å²) in [6.07, 6.45) is 1.12. The Balaban J connectivity index is 1.60. The van der Waals surface area contributed by atoms with Gasteiger partial charge in [0.2, 0.25) is 5.91 Å². The number of piperazine rings is 1. The van der Waals surface area contributed by atoms with E-state index in [1.807, 2.05) is 4.90 Å². The molecule has 17 heavy (non-hydrogen) atoms. The maximum absolute atomic E-state index is 11.9. The third-order valence-corrected chi connectivity index (χ3v) is 3.59. The van der Waals surface area contributed by atoms with E-state index in [-0.39, 0.29) is 5.91 Å². The molecular weight excluding hydrogens is 218 g/mol. The molecule has 2 saturated heterocycles. The van der Waals surface area contributed by atoms with Gasteiger partial charge in [-0.1, -0.05) is 0 Å². The summed E-state index contributed by atoms with van der Waals surface area (Å²) in [7, 11) is 2.10. The van der Waals surface area contributed by atoms with Crippen molar-refractivity contribution in [2.24, 2.45) is 5.92 Å². The molecule has 0 radical (unpaired) electrons. The molecule has 0 bridgehead atoms. The maximum Gasteiger partial charge on any atom is 0.236 e. The lowest BCUT2D eigenvalue weighted by atomic mass is 10.1. The van der Waals surface area contributed by atoms with Crippen molar-refractivity contribution >= 4 is 5.91 Å². The first-order valence-electron chi connectivity index (χ1n) is 6.50. The van der Waals surface area contributed by atoms with Crippen LogP contribution in [0.4, 0.5) is 0 Å². The molecule has 0 aromatic rings. The number of amides is 1. The molecule has 2 aliphatic rings. The number of likely N-dealkylation sites (N-methyl/N-ethyl adjacent to an activating group) is 1. The van der Waals surface area contributed by atoms with Gasteiger partial charge in [0, 0.05) is 39.3 Å². The summed E-state index contributed by atoms with van der Waals surface area (Å²) in [5.41, 5.74) is 0. The van der Waals surface area contributed by atoms with E-state index < -0.39 is 0 Å². The van der Waals surface area contributed by atoms with E-state index in [1.54, 1.807) is 0 Å². The number of rotatable bonds is 4. The molecule has 98 valence electrons. The van der Waals surface area contributed by atoms with E-state index >= 15 is 0 Å². The zero-order valence-electron chi connectivity index (χ0n) is 10.7. The van der Waals surface area contributed by atoms with E-state index in [0.717, 1.165) is 52.4 Å². The fourth-order valence-electron chi connectivity index (χ4n) is 2.30. The van der Waals surface area contributed by atoms with Crippen LogP contribution in [0.1, 0.15) is 6.42 Å². The smallest absolute Gasteiger partial charge is 0.236 e. The molecule has 1 N–H and O–H groups in total. The molecule has 0 aliphatic carbocycles. The predicted octanol–water partition coefficient (Wildman–Crippen LogP) is -0.613. The van der Waals surface area contributed by atoms with Crippen LogP contribution in [-0.4, -0.2) is 75.2 Å². The van der Waals surface area contributed by atoms with E-state index in [0.29, 0.717) is 12.5 Å². The quantitative estimate of drug-likeness (QED) is 0.713. The highest BCUT2D eigenvalue weighted by atomic mass is 16.5. The van der Waals surface area contributed by atoms with Gasteiger partial charge in [-0.2, -0.15) is 0 Å². The summed E-state index contributed by atoms with van der Waals surface area (Å²) >= 11 is 0. The monoisotopic (exact) mass is 241 g/mol. The fourth-order valence-corrected chi connectivity index (χ4v) is 2.30. The maximum atomic E-state index is 11.9. The van der Waals surface area contributed by atoms with Gasteiger partial charge in [-0.05, 0) is 19.4 Å². The van der Waals surface area contributed by atoms with Crippen LogP contribution in [-0.2, 0) is 9.53 Å². The lowest BCUT2D eigenvalue weighted by molar-refractivity contribution is -0.131. The normalized spacial score (nSPS) is 26.4. The summed E-state index contributed by atoms with van der Waals surface area (Å²) in [6, 6.07) is 0. The van der Waals surface area contributed by atoms with Crippen molar-refractivity contribution < 1.29 is 9.53 Å². The van der Waals surface area contributed by atoms with Gasteiger partial charge >= 0.3 is 0 Å². The molecule has 2 heterocycles. The molecule has 2 rings (SSSR count). The Morgan fingerprint density at radius 3 is 2.76 bits per heavy atom. The van der Waals surface area contributed by atoms with Crippen LogP contribution < -0.4 is 5.32 Å². The Hall–Kier alpha value is -0.650. The van der Waals surface area contributed by atoms with Gasteiger partial charge in [0.25, 0.3) is 0 Å². The molecule has 2 aliphatic heterocycles. The van der Waals surface area contributed by atoms with Crippen LogP contribution in [0.15, 0.2) is 0 Å². The molecule has 0 spiro atoms. The van der Waals surface area contributed by atoms with Gasteiger partial charge < -0.3 is 19.9 Å². The van der Waals surface area contributed by atoms with Crippen LogP contribution in [0.2, 0.25) is 0 Å². The summed E-state index contributed by atoms with van der Waals surface area (Å²) in [4.78, 5) is 16.1. The highest BCUT2D eigenvalue weighted by Crippen LogP contribution is 2.10. The van der Waals surface area contributed by atoms with Crippen molar-refractivity contribution in [1.82, 2.24) is 15.1 Å². The zero-order chi connectivity index (χ0) is 12.1. The Morgan fingerprint density at radius 2 is 2.12 bits per heavy atom. The number of hydrogen-bond donors (Lipinski definition) is 1. The van der Waals surface area contributed by atoms with Crippen LogP contribution in [0.25, 0.3) is 0 Å². The molecule has 5 nitrogen and oxygen atoms in total. The third kappa shape index (κ3) is 3.94. The Labute approximate surface area is 103 Å². The summed E-state index contributed by atoms with van der Waals surface area (Å²) in [6.45, 7) is 6.80. The second-order valence-electron chi connectivity index (χ2n) is 5.04. The van der Waals surface area contributed by atoms with Gasteiger partial charge in [-0.25, -0.2) is 0 Å². The second-order valence-corrected chi connectivity index (χ2v) is 5.04. The fraction of sp³-hybridized carbons (Fsp3) is 0.917. The predicted molar refractivity (Wildman–Crippen MR) is 65.9 cm³/mol. The average molecular weight is 241 g/mol. The lowest BCUT2D eigenvalue weighted by Crippen LogP contribution is -2.49. The number of carbonyl (C=O) groups excluding carboxylic acids is 1. The number of ether oxygens (including phenoxy) is 1. The van der Waals surface area contributed by atoms with Gasteiger partial charge in [-0.3, -0.25) is 4.79 Å². The standard InChI is InChI=1S/C12H23N3O2/c1-14-3-5-15(6-4-14)12(16)9-13-8-11-2-7-17-10-11/h11,13H,2-10H2,1H3. The highest BCUT2D eigenvalue weighted by molar-refractivity contribution is 5.78. The van der Waals surface area contributed by atoms with E-state index in [4.69, 9.17) is 4.74 Å². The highest BCUT2D eigenvalue weighted by Gasteiger charge is 2.19. The summed E-state index contributed by atoms with van der Waals surface area (Å²) in [5.74, 6) is 0.826. The molecule has 5 heteroatoms. The largest absolute Gasteiger partial charge is 0.381 e. The van der Waals surface area contributed by atoms with Crippen molar-refractivity contribution in [3.8, 4) is 0 Å². The van der Waals surface area contributed by atoms with Gasteiger partial charge in [0.1, 0.15) is 0 Å². The van der Waals surface area contributed by atoms with Crippen LogP contribution in [0, 0.1) is 5.92 Å². The first-order chi connectivity index (χ1) is 8.25. The van der Waals surface area contributed by atoms with Crippen molar-refractivity contribution in [2.75, 3.05) is 59.5 Å². The summed E-state index contributed by atoms with van der Waals surface area (Å²) < 4.78 is 5.30. The van der Waals surface area contributed by atoms with Crippen molar-refractivity contribution in [3.05, 3.63) is 0 Å². The zero-order valence-corrected chi connectivity index (χ0v) is 10.7. The number of hydrogen-bond acceptors (Lipinski definition) is 4. The molecule has 1 atom stereocenters. The molecule has 0 aromatic heterocycles. The molecule has 1 unspecified atom stereocenters. The first kappa shape index (κ1) is 12.8. The lowest BCUT2D eigenvalue weighted by Gasteiger charge is -2.32. The average Bonchev–Trinajstić information content (AvgIpc) is 2.83. The molecule has 2 fully saturated rings. The van der Waals surface area contributed by atoms with Crippen molar-refractivity contribution in [2.45, 2.75) is 6.42 Å². The van der Waals surface area contributed by atoms with Crippen molar-refractivity contribution in [3.63, 3.8) is 0 Å². The molecule has 0 saturated carbocycles. The number of nitrogens with zero attached hydrogens (tertiary/aromatic N) is 2. The minimum atomic E-state index is 0.233. The van der Waals surface area contributed by atoms with Gasteiger partial charge in [-0.15, -0.1) is 0 Å². The minimum Gasteiger partial charge on any atom is -0.381 e. The molecule has 1 amide bonds. The Kier molecular flexibility index (Phi) is 4.76. The summed E-state index contributed by atoms with van der Waals surface area (Å²) in [5, 5.41) is 3.25. The topological polar surface area (TPSA) is 44.8 Å². The number of nitrogens with one attached hydrogen (secondary N) is 1.